The first-order chi connectivity index (χ1) is 12.9. The fourth-order valence-corrected chi connectivity index (χ4v) is 4.62. The number of pyridine rings is 1. The van der Waals surface area contributed by atoms with Crippen LogP contribution in [0.5, 0.6) is 0 Å². The third-order valence-electron chi connectivity index (χ3n) is 6.18. The maximum atomic E-state index is 13.0. The zero-order chi connectivity index (χ0) is 19.1. The molecular weight excluding hydrogens is 351 g/mol. The van der Waals surface area contributed by atoms with E-state index in [2.05, 4.69) is 29.4 Å². The third kappa shape index (κ3) is 3.68. The maximum absolute atomic E-state index is 13.0. The highest BCUT2D eigenvalue weighted by Crippen LogP contribution is 2.46. The van der Waals surface area contributed by atoms with Crippen molar-refractivity contribution < 1.29 is 13.2 Å². The number of aromatic nitrogens is 1. The summed E-state index contributed by atoms with van der Waals surface area (Å²) in [7, 11) is 0. The second kappa shape index (κ2) is 6.82. The van der Waals surface area contributed by atoms with Crippen molar-refractivity contribution in [1.29, 1.82) is 0 Å². The van der Waals surface area contributed by atoms with Crippen LogP contribution >= 0.6 is 0 Å². The van der Waals surface area contributed by atoms with E-state index < -0.39 is 11.9 Å². The summed E-state index contributed by atoms with van der Waals surface area (Å²) in [6, 6.07) is 14.5. The number of halogens is 3. The average molecular weight is 375 g/mol. The van der Waals surface area contributed by atoms with Crippen molar-refractivity contribution in [3.05, 3.63) is 59.8 Å². The fraction of sp³-hybridized carbons (Fsp3) is 0.476. The van der Waals surface area contributed by atoms with Crippen LogP contribution in [0.2, 0.25) is 0 Å². The van der Waals surface area contributed by atoms with E-state index in [1.165, 1.54) is 11.6 Å². The van der Waals surface area contributed by atoms with Crippen LogP contribution in [0.4, 0.5) is 19.0 Å². The number of nitrogens with one attached hydrogen (secondary N) is 1. The molecule has 0 bridgehead atoms. The lowest BCUT2D eigenvalue weighted by atomic mass is 9.86. The summed E-state index contributed by atoms with van der Waals surface area (Å²) in [6.45, 7) is 4.59. The summed E-state index contributed by atoms with van der Waals surface area (Å²) in [4.78, 5) is 5.90. The molecule has 0 radical (unpaired) electrons. The van der Waals surface area contributed by atoms with E-state index in [1.54, 1.807) is 6.07 Å². The molecule has 2 aromatic rings. The van der Waals surface area contributed by atoms with Crippen molar-refractivity contribution in [2.75, 3.05) is 18.0 Å². The zero-order valence-electron chi connectivity index (χ0n) is 15.3. The quantitative estimate of drug-likeness (QED) is 0.853. The highest BCUT2D eigenvalue weighted by Gasteiger charge is 2.49. The summed E-state index contributed by atoms with van der Waals surface area (Å²) < 4.78 is 38.9. The van der Waals surface area contributed by atoms with Gasteiger partial charge in [-0.25, -0.2) is 4.98 Å². The summed E-state index contributed by atoms with van der Waals surface area (Å²) >= 11 is 0. The van der Waals surface area contributed by atoms with Crippen molar-refractivity contribution in [2.45, 2.75) is 38.0 Å². The largest absolute Gasteiger partial charge is 0.433 e. The predicted octanol–water partition coefficient (Wildman–Crippen LogP) is 4.50. The van der Waals surface area contributed by atoms with Gasteiger partial charge in [0.2, 0.25) is 0 Å². The first-order valence-corrected chi connectivity index (χ1v) is 9.43. The number of nitrogens with zero attached hydrogens (tertiary/aromatic N) is 2. The van der Waals surface area contributed by atoms with Gasteiger partial charge in [-0.2, -0.15) is 13.2 Å². The van der Waals surface area contributed by atoms with Gasteiger partial charge in [-0.3, -0.25) is 0 Å². The molecule has 2 aliphatic rings. The molecule has 6 heteroatoms. The molecule has 4 rings (SSSR count). The van der Waals surface area contributed by atoms with Gasteiger partial charge in [-0.05, 0) is 49.3 Å². The Morgan fingerprint density at radius 3 is 2.63 bits per heavy atom. The van der Waals surface area contributed by atoms with E-state index in [0.717, 1.165) is 38.5 Å². The average Bonchev–Trinajstić information content (AvgIpc) is 3.22. The summed E-state index contributed by atoms with van der Waals surface area (Å²) in [5.74, 6) is 1.34. The number of fused-ring (bicyclic) bond motifs is 1. The highest BCUT2D eigenvalue weighted by atomic mass is 19.4. The number of rotatable bonds is 4. The molecule has 1 saturated heterocycles. The number of anilines is 1. The normalized spacial score (nSPS) is 27.8. The van der Waals surface area contributed by atoms with Gasteiger partial charge in [0.05, 0.1) is 0 Å². The minimum absolute atomic E-state index is 0.00308. The Morgan fingerprint density at radius 2 is 1.89 bits per heavy atom. The molecule has 1 aliphatic carbocycles. The SMILES string of the molecule is CC1(NCc2ccccc2)CCC2CN(c3cccc(C(F)(F)F)n3)CC21. The Morgan fingerprint density at radius 1 is 1.11 bits per heavy atom. The Kier molecular flexibility index (Phi) is 4.62. The standard InChI is InChI=1S/C21H24F3N3/c1-20(25-12-15-6-3-2-4-7-15)11-10-16-13-27(14-17(16)20)19-9-5-8-18(26-19)21(22,23)24/h2-9,16-17,25H,10-14H2,1H3. The molecule has 1 saturated carbocycles. The second-order valence-electron chi connectivity index (χ2n) is 7.95. The Balaban J connectivity index is 1.47. The van der Waals surface area contributed by atoms with Gasteiger partial charge in [0.25, 0.3) is 0 Å². The molecule has 1 aromatic carbocycles. The Hall–Kier alpha value is -2.08. The molecule has 3 atom stereocenters. The molecule has 144 valence electrons. The van der Waals surface area contributed by atoms with Crippen molar-refractivity contribution >= 4 is 5.82 Å². The zero-order valence-corrected chi connectivity index (χ0v) is 15.3. The van der Waals surface area contributed by atoms with Crippen molar-refractivity contribution in [2.24, 2.45) is 11.8 Å². The number of alkyl halides is 3. The topological polar surface area (TPSA) is 28.2 Å². The second-order valence-corrected chi connectivity index (χ2v) is 7.95. The summed E-state index contributed by atoms with van der Waals surface area (Å²) in [5.41, 5.74) is 0.426. The van der Waals surface area contributed by atoms with Gasteiger partial charge in [0, 0.05) is 25.2 Å². The molecule has 0 amide bonds. The molecule has 1 aliphatic heterocycles. The van der Waals surface area contributed by atoms with Crippen LogP contribution in [0.1, 0.15) is 31.0 Å². The minimum atomic E-state index is -4.41. The lowest BCUT2D eigenvalue weighted by molar-refractivity contribution is -0.141. The van der Waals surface area contributed by atoms with E-state index in [4.69, 9.17) is 0 Å². The first kappa shape index (κ1) is 18.3. The fourth-order valence-electron chi connectivity index (χ4n) is 4.62. The van der Waals surface area contributed by atoms with Gasteiger partial charge >= 0.3 is 6.18 Å². The van der Waals surface area contributed by atoms with Gasteiger partial charge in [-0.1, -0.05) is 36.4 Å². The smallest absolute Gasteiger partial charge is 0.356 e. The predicted molar refractivity (Wildman–Crippen MR) is 99.4 cm³/mol. The first-order valence-electron chi connectivity index (χ1n) is 9.43. The molecule has 0 spiro atoms. The highest BCUT2D eigenvalue weighted by molar-refractivity contribution is 5.42. The lowest BCUT2D eigenvalue weighted by Gasteiger charge is -2.33. The Bertz CT molecular complexity index is 793. The van der Waals surface area contributed by atoms with Gasteiger partial charge in [0.15, 0.2) is 0 Å². The van der Waals surface area contributed by atoms with Crippen LogP contribution < -0.4 is 10.2 Å². The molecule has 27 heavy (non-hydrogen) atoms. The van der Waals surface area contributed by atoms with Crippen LogP contribution in [0.15, 0.2) is 48.5 Å². The molecule has 2 heterocycles. The molecule has 2 fully saturated rings. The molecule has 3 nitrogen and oxygen atoms in total. The summed E-state index contributed by atoms with van der Waals surface area (Å²) in [5, 5.41) is 3.73. The third-order valence-corrected chi connectivity index (χ3v) is 6.18. The van der Waals surface area contributed by atoms with Gasteiger partial charge in [-0.15, -0.1) is 0 Å². The van der Waals surface area contributed by atoms with Crippen LogP contribution in [0.3, 0.4) is 0 Å². The van der Waals surface area contributed by atoms with Crippen LogP contribution in [-0.4, -0.2) is 23.6 Å². The monoisotopic (exact) mass is 375 g/mol. The Labute approximate surface area is 157 Å². The van der Waals surface area contributed by atoms with Crippen LogP contribution in [0, 0.1) is 11.8 Å². The van der Waals surface area contributed by atoms with Crippen molar-refractivity contribution in [1.82, 2.24) is 10.3 Å². The molecule has 3 unspecified atom stereocenters. The number of benzene rings is 1. The number of hydrogen-bond donors (Lipinski definition) is 1. The van der Waals surface area contributed by atoms with Crippen molar-refractivity contribution in [3.63, 3.8) is 0 Å². The molecular formula is C21H24F3N3. The van der Waals surface area contributed by atoms with E-state index in [0.29, 0.717) is 17.7 Å². The van der Waals surface area contributed by atoms with Crippen LogP contribution in [0.25, 0.3) is 0 Å². The van der Waals surface area contributed by atoms with E-state index in [-0.39, 0.29) is 5.54 Å². The van der Waals surface area contributed by atoms with E-state index in [1.807, 2.05) is 23.1 Å². The lowest BCUT2D eigenvalue weighted by Crippen LogP contribution is -2.47. The van der Waals surface area contributed by atoms with Gasteiger partial charge < -0.3 is 10.2 Å². The van der Waals surface area contributed by atoms with E-state index >= 15 is 0 Å². The van der Waals surface area contributed by atoms with Crippen LogP contribution in [-0.2, 0) is 12.7 Å². The number of hydrogen-bond acceptors (Lipinski definition) is 3. The van der Waals surface area contributed by atoms with E-state index in [9.17, 15) is 13.2 Å². The molecule has 1 aromatic heterocycles. The van der Waals surface area contributed by atoms with Gasteiger partial charge in [0.1, 0.15) is 11.5 Å². The minimum Gasteiger partial charge on any atom is -0.356 e. The maximum Gasteiger partial charge on any atom is 0.433 e. The molecule has 1 N–H and O–H groups in total. The van der Waals surface area contributed by atoms with Crippen molar-refractivity contribution in [3.8, 4) is 0 Å². The summed E-state index contributed by atoms with van der Waals surface area (Å²) in [6.07, 6.45) is -2.21.